The number of esters is 1. The van der Waals surface area contributed by atoms with E-state index in [1.165, 1.54) is 20.4 Å². The lowest BCUT2D eigenvalue weighted by Gasteiger charge is -2.09. The van der Waals surface area contributed by atoms with Crippen molar-refractivity contribution in [3.05, 3.63) is 53.6 Å². The van der Waals surface area contributed by atoms with Crippen LogP contribution < -0.4 is 19.6 Å². The SMILES string of the molecule is CCCCC(=O)N/N=C\c1ccc(OC(=O)c2ccc(OC)c(OC)c2)cc1. The Morgan fingerprint density at radius 1 is 1.04 bits per heavy atom. The molecule has 0 bridgehead atoms. The molecule has 28 heavy (non-hydrogen) atoms. The minimum atomic E-state index is -0.509. The van der Waals surface area contributed by atoms with Gasteiger partial charge in [0.1, 0.15) is 5.75 Å². The number of nitrogens with zero attached hydrogens (tertiary/aromatic N) is 1. The third kappa shape index (κ3) is 6.12. The Labute approximate surface area is 164 Å². The number of nitrogens with one attached hydrogen (secondary N) is 1. The van der Waals surface area contributed by atoms with Gasteiger partial charge >= 0.3 is 5.97 Å². The summed E-state index contributed by atoms with van der Waals surface area (Å²) in [6.45, 7) is 2.02. The molecule has 7 nitrogen and oxygen atoms in total. The van der Waals surface area contributed by atoms with E-state index in [9.17, 15) is 9.59 Å². The molecule has 0 aliphatic heterocycles. The Kier molecular flexibility index (Phi) is 8.02. The fourth-order valence-electron chi connectivity index (χ4n) is 2.32. The van der Waals surface area contributed by atoms with Crippen LogP contribution in [-0.2, 0) is 4.79 Å². The first-order valence-electron chi connectivity index (χ1n) is 8.93. The van der Waals surface area contributed by atoms with Crippen LogP contribution in [0.2, 0.25) is 0 Å². The van der Waals surface area contributed by atoms with Crippen LogP contribution in [0.15, 0.2) is 47.6 Å². The van der Waals surface area contributed by atoms with Crippen molar-refractivity contribution < 1.29 is 23.8 Å². The van der Waals surface area contributed by atoms with Crippen molar-refractivity contribution in [2.45, 2.75) is 26.2 Å². The van der Waals surface area contributed by atoms with Crippen molar-refractivity contribution in [2.24, 2.45) is 5.10 Å². The largest absolute Gasteiger partial charge is 0.493 e. The molecule has 0 fully saturated rings. The first kappa shape index (κ1) is 21.0. The zero-order valence-corrected chi connectivity index (χ0v) is 16.2. The van der Waals surface area contributed by atoms with Crippen LogP contribution in [0.3, 0.4) is 0 Å². The summed E-state index contributed by atoms with van der Waals surface area (Å²) in [6, 6.07) is 11.6. The van der Waals surface area contributed by atoms with Crippen LogP contribution in [0.4, 0.5) is 0 Å². The zero-order chi connectivity index (χ0) is 20.4. The van der Waals surface area contributed by atoms with Crippen LogP contribution in [0.25, 0.3) is 0 Å². The fourth-order valence-corrected chi connectivity index (χ4v) is 2.32. The van der Waals surface area contributed by atoms with Gasteiger partial charge in [-0.25, -0.2) is 10.2 Å². The summed E-state index contributed by atoms with van der Waals surface area (Å²) < 4.78 is 15.7. The Morgan fingerprint density at radius 3 is 2.39 bits per heavy atom. The number of carbonyl (C=O) groups excluding carboxylic acids is 2. The first-order valence-corrected chi connectivity index (χ1v) is 8.93. The lowest BCUT2D eigenvalue weighted by molar-refractivity contribution is -0.121. The van der Waals surface area contributed by atoms with Gasteiger partial charge < -0.3 is 14.2 Å². The topological polar surface area (TPSA) is 86.2 Å². The molecule has 0 spiro atoms. The first-order chi connectivity index (χ1) is 13.6. The summed E-state index contributed by atoms with van der Waals surface area (Å²) in [5.41, 5.74) is 3.59. The number of amides is 1. The third-order valence-corrected chi connectivity index (χ3v) is 3.87. The smallest absolute Gasteiger partial charge is 0.343 e. The van der Waals surface area contributed by atoms with E-state index < -0.39 is 5.97 Å². The van der Waals surface area contributed by atoms with Crippen LogP contribution in [0, 0.1) is 0 Å². The molecule has 0 aliphatic carbocycles. The van der Waals surface area contributed by atoms with Crippen LogP contribution in [0.5, 0.6) is 17.2 Å². The molecule has 0 aliphatic rings. The summed E-state index contributed by atoms with van der Waals surface area (Å²) >= 11 is 0. The fraction of sp³-hybridized carbons (Fsp3) is 0.286. The van der Waals surface area contributed by atoms with Crippen LogP contribution in [-0.4, -0.2) is 32.3 Å². The number of unbranched alkanes of at least 4 members (excludes halogenated alkanes) is 1. The maximum atomic E-state index is 12.3. The van der Waals surface area contributed by atoms with E-state index in [-0.39, 0.29) is 5.91 Å². The van der Waals surface area contributed by atoms with E-state index in [1.807, 2.05) is 6.92 Å². The second kappa shape index (κ2) is 10.7. The van der Waals surface area contributed by atoms with Crippen molar-refractivity contribution >= 4 is 18.1 Å². The second-order valence-electron chi connectivity index (χ2n) is 5.93. The van der Waals surface area contributed by atoms with Gasteiger partial charge in [0, 0.05) is 6.42 Å². The van der Waals surface area contributed by atoms with Crippen molar-refractivity contribution in [3.8, 4) is 17.2 Å². The summed E-state index contributed by atoms with van der Waals surface area (Å²) in [4.78, 5) is 23.8. The Morgan fingerprint density at radius 2 is 1.75 bits per heavy atom. The lowest BCUT2D eigenvalue weighted by atomic mass is 10.2. The number of hydrogen-bond acceptors (Lipinski definition) is 6. The van der Waals surface area contributed by atoms with Crippen molar-refractivity contribution in [2.75, 3.05) is 14.2 Å². The molecule has 0 saturated heterocycles. The van der Waals surface area contributed by atoms with Crippen molar-refractivity contribution in [1.29, 1.82) is 0 Å². The molecule has 2 rings (SSSR count). The number of methoxy groups -OCH3 is 2. The number of ether oxygens (including phenoxy) is 3. The molecule has 1 N–H and O–H groups in total. The van der Waals surface area contributed by atoms with Crippen molar-refractivity contribution in [3.63, 3.8) is 0 Å². The highest BCUT2D eigenvalue weighted by atomic mass is 16.5. The lowest BCUT2D eigenvalue weighted by Crippen LogP contribution is -2.16. The predicted octanol–water partition coefficient (Wildman–Crippen LogP) is 3.56. The quantitative estimate of drug-likeness (QED) is 0.309. The Balaban J connectivity index is 1.95. The second-order valence-corrected chi connectivity index (χ2v) is 5.93. The molecular formula is C21H24N2O5. The maximum absolute atomic E-state index is 12.3. The van der Waals surface area contributed by atoms with E-state index in [4.69, 9.17) is 14.2 Å². The number of hydrazone groups is 1. The zero-order valence-electron chi connectivity index (χ0n) is 16.2. The number of rotatable bonds is 9. The molecule has 0 unspecified atom stereocenters. The minimum absolute atomic E-state index is 0.112. The third-order valence-electron chi connectivity index (χ3n) is 3.87. The molecule has 0 saturated carbocycles. The minimum Gasteiger partial charge on any atom is -0.493 e. The predicted molar refractivity (Wildman–Crippen MR) is 106 cm³/mol. The van der Waals surface area contributed by atoms with Gasteiger partial charge in [-0.3, -0.25) is 4.79 Å². The normalized spacial score (nSPS) is 10.5. The molecule has 7 heteroatoms. The molecule has 148 valence electrons. The monoisotopic (exact) mass is 384 g/mol. The van der Waals surface area contributed by atoms with E-state index in [0.717, 1.165) is 18.4 Å². The van der Waals surface area contributed by atoms with E-state index in [1.54, 1.807) is 42.5 Å². The molecular weight excluding hydrogens is 360 g/mol. The summed E-state index contributed by atoms with van der Waals surface area (Å²) in [6.07, 6.45) is 3.78. The van der Waals surface area contributed by atoms with E-state index in [0.29, 0.717) is 29.2 Å². The van der Waals surface area contributed by atoms with Gasteiger partial charge in [-0.05, 0) is 54.4 Å². The highest BCUT2D eigenvalue weighted by Gasteiger charge is 2.12. The highest BCUT2D eigenvalue weighted by Crippen LogP contribution is 2.28. The average Bonchev–Trinajstić information content (AvgIpc) is 2.72. The standard InChI is InChI=1S/C21H24N2O5/c1-4-5-6-20(24)23-22-14-15-7-10-17(11-8-15)28-21(25)16-9-12-18(26-2)19(13-16)27-3/h7-14H,4-6H2,1-3H3,(H,23,24)/b22-14-. The van der Waals surface area contributed by atoms with E-state index in [2.05, 4.69) is 10.5 Å². The Hall–Kier alpha value is -3.35. The molecule has 0 heterocycles. The Bertz CT molecular complexity index is 831. The van der Waals surface area contributed by atoms with Gasteiger partial charge in [0.25, 0.3) is 0 Å². The molecule has 0 radical (unpaired) electrons. The molecule has 0 aromatic heterocycles. The summed E-state index contributed by atoms with van der Waals surface area (Å²) in [7, 11) is 3.02. The molecule has 0 atom stereocenters. The van der Waals surface area contributed by atoms with Crippen LogP contribution >= 0.6 is 0 Å². The molecule has 1 amide bonds. The molecule has 2 aromatic carbocycles. The number of carbonyl (C=O) groups is 2. The average molecular weight is 384 g/mol. The van der Waals surface area contributed by atoms with Crippen LogP contribution in [0.1, 0.15) is 42.1 Å². The van der Waals surface area contributed by atoms with Gasteiger partial charge in [-0.1, -0.05) is 13.3 Å². The summed E-state index contributed by atoms with van der Waals surface area (Å²) in [5.74, 6) is 0.752. The van der Waals surface area contributed by atoms with Gasteiger partial charge in [0.05, 0.1) is 26.0 Å². The van der Waals surface area contributed by atoms with E-state index >= 15 is 0 Å². The van der Waals surface area contributed by atoms with Gasteiger partial charge in [0.15, 0.2) is 11.5 Å². The van der Waals surface area contributed by atoms with Gasteiger partial charge in [0.2, 0.25) is 5.91 Å². The maximum Gasteiger partial charge on any atom is 0.343 e. The molecule has 2 aromatic rings. The summed E-state index contributed by atoms with van der Waals surface area (Å²) in [5, 5.41) is 3.91. The number of benzene rings is 2. The van der Waals surface area contributed by atoms with Gasteiger partial charge in [-0.15, -0.1) is 0 Å². The van der Waals surface area contributed by atoms with Gasteiger partial charge in [-0.2, -0.15) is 5.10 Å². The van der Waals surface area contributed by atoms with Crippen molar-refractivity contribution in [1.82, 2.24) is 5.43 Å². The highest BCUT2D eigenvalue weighted by molar-refractivity contribution is 5.92. The number of hydrogen-bond donors (Lipinski definition) is 1.